The van der Waals surface area contributed by atoms with Gasteiger partial charge in [-0.15, -0.1) is 0 Å². The van der Waals surface area contributed by atoms with Gasteiger partial charge in [0.05, 0.1) is 12.0 Å². The number of para-hydroxylation sites is 1. The molecule has 0 atom stereocenters. The zero-order valence-electron chi connectivity index (χ0n) is 15.4. The predicted octanol–water partition coefficient (Wildman–Crippen LogP) is 3.00. The number of carbonyl (C=O) groups is 2. The minimum absolute atomic E-state index is 0.0261. The number of nitrogens with zero attached hydrogens (tertiary/aromatic N) is 2. The molecule has 0 unspecified atom stereocenters. The summed E-state index contributed by atoms with van der Waals surface area (Å²) in [4.78, 5) is 32.3. The Balaban J connectivity index is 1.38. The number of fused-ring (bicyclic) bond motifs is 1. The maximum absolute atomic E-state index is 12.9. The number of aromatic amines is 1. The zero-order chi connectivity index (χ0) is 18.8. The Hall–Kier alpha value is -3.08. The third-order valence-electron chi connectivity index (χ3n) is 5.18. The highest BCUT2D eigenvalue weighted by molar-refractivity contribution is 6.06. The highest BCUT2D eigenvalue weighted by Crippen LogP contribution is 2.20. The van der Waals surface area contributed by atoms with Gasteiger partial charge in [0.15, 0.2) is 0 Å². The molecule has 0 radical (unpaired) electrons. The molecule has 3 aromatic rings. The van der Waals surface area contributed by atoms with E-state index in [4.69, 9.17) is 0 Å². The van der Waals surface area contributed by atoms with Gasteiger partial charge in [0.2, 0.25) is 5.91 Å². The van der Waals surface area contributed by atoms with Crippen LogP contribution in [0.4, 0.5) is 0 Å². The fraction of sp³-hybridized carbons (Fsp3) is 0.273. The predicted molar refractivity (Wildman–Crippen MR) is 106 cm³/mol. The molecule has 1 aliphatic heterocycles. The number of hydrogen-bond donors (Lipinski definition) is 1. The van der Waals surface area contributed by atoms with Crippen molar-refractivity contribution in [2.24, 2.45) is 0 Å². The Kier molecular flexibility index (Phi) is 4.67. The number of benzene rings is 2. The Bertz CT molecular complexity index is 984. The molecule has 1 aliphatic rings. The summed E-state index contributed by atoms with van der Waals surface area (Å²) in [6.45, 7) is 4.33. The first-order chi connectivity index (χ1) is 13.1. The second-order valence-electron chi connectivity index (χ2n) is 7.09. The lowest BCUT2D eigenvalue weighted by Crippen LogP contribution is -2.51. The van der Waals surface area contributed by atoms with E-state index in [0.29, 0.717) is 38.2 Å². The van der Waals surface area contributed by atoms with E-state index in [0.717, 1.165) is 22.0 Å². The second kappa shape index (κ2) is 7.27. The van der Waals surface area contributed by atoms with Crippen LogP contribution in [0, 0.1) is 6.92 Å². The Labute approximate surface area is 158 Å². The van der Waals surface area contributed by atoms with Crippen LogP contribution in [0.25, 0.3) is 10.9 Å². The highest BCUT2D eigenvalue weighted by atomic mass is 16.2. The van der Waals surface area contributed by atoms with Crippen molar-refractivity contribution in [3.63, 3.8) is 0 Å². The third kappa shape index (κ3) is 3.58. The maximum atomic E-state index is 12.9. The van der Waals surface area contributed by atoms with Crippen LogP contribution in [-0.2, 0) is 11.2 Å². The molecule has 0 spiro atoms. The summed E-state index contributed by atoms with van der Waals surface area (Å²) in [7, 11) is 0. The van der Waals surface area contributed by atoms with E-state index in [1.165, 1.54) is 0 Å². The normalized spacial score (nSPS) is 14.6. The van der Waals surface area contributed by atoms with Crippen molar-refractivity contribution >= 4 is 22.7 Å². The molecule has 0 bridgehead atoms. The number of piperazine rings is 1. The molecule has 2 heterocycles. The number of nitrogens with one attached hydrogen (secondary N) is 1. The molecule has 27 heavy (non-hydrogen) atoms. The standard InChI is InChI=1S/C22H23N3O2/c1-16-5-4-6-17(13-16)14-21(26)24-9-11-25(12-10-24)22(27)19-15-23-20-8-3-2-7-18(19)20/h2-8,13,15,23H,9-12,14H2,1H3. The van der Waals surface area contributed by atoms with Crippen molar-refractivity contribution in [3.05, 3.63) is 71.4 Å². The van der Waals surface area contributed by atoms with Crippen LogP contribution in [0.2, 0.25) is 0 Å². The van der Waals surface area contributed by atoms with Gasteiger partial charge in [-0.2, -0.15) is 0 Å². The largest absolute Gasteiger partial charge is 0.360 e. The zero-order valence-corrected chi connectivity index (χ0v) is 15.4. The molecule has 4 rings (SSSR count). The van der Waals surface area contributed by atoms with Crippen LogP contribution in [0.1, 0.15) is 21.5 Å². The lowest BCUT2D eigenvalue weighted by Gasteiger charge is -2.34. The number of aromatic nitrogens is 1. The van der Waals surface area contributed by atoms with E-state index in [2.05, 4.69) is 11.1 Å². The van der Waals surface area contributed by atoms with Gasteiger partial charge in [0.1, 0.15) is 0 Å². The summed E-state index contributed by atoms with van der Waals surface area (Å²) >= 11 is 0. The van der Waals surface area contributed by atoms with Gasteiger partial charge >= 0.3 is 0 Å². The molecule has 2 aromatic carbocycles. The molecule has 138 valence electrons. The minimum atomic E-state index is 0.0261. The Morgan fingerprint density at radius 2 is 1.70 bits per heavy atom. The molecule has 1 saturated heterocycles. The van der Waals surface area contributed by atoms with E-state index in [-0.39, 0.29) is 11.8 Å². The van der Waals surface area contributed by atoms with Crippen LogP contribution in [0.15, 0.2) is 54.7 Å². The molecule has 5 nitrogen and oxygen atoms in total. The minimum Gasteiger partial charge on any atom is -0.360 e. The molecular formula is C22H23N3O2. The monoisotopic (exact) mass is 361 g/mol. The van der Waals surface area contributed by atoms with Crippen molar-refractivity contribution < 1.29 is 9.59 Å². The van der Waals surface area contributed by atoms with Gasteiger partial charge in [-0.3, -0.25) is 9.59 Å². The SMILES string of the molecule is Cc1cccc(CC(=O)N2CCN(C(=O)c3c[nH]c4ccccc34)CC2)c1. The number of amides is 2. The molecule has 1 aromatic heterocycles. The quantitative estimate of drug-likeness (QED) is 0.780. The smallest absolute Gasteiger partial charge is 0.256 e. The number of hydrogen-bond acceptors (Lipinski definition) is 2. The van der Waals surface area contributed by atoms with Crippen LogP contribution >= 0.6 is 0 Å². The van der Waals surface area contributed by atoms with Gasteiger partial charge in [-0.1, -0.05) is 48.0 Å². The number of aryl methyl sites for hydroxylation is 1. The molecule has 1 fully saturated rings. The third-order valence-corrected chi connectivity index (χ3v) is 5.18. The van der Waals surface area contributed by atoms with Crippen LogP contribution < -0.4 is 0 Å². The first kappa shape index (κ1) is 17.3. The van der Waals surface area contributed by atoms with Crippen LogP contribution in [-0.4, -0.2) is 52.8 Å². The van der Waals surface area contributed by atoms with Crippen molar-refractivity contribution in [1.82, 2.24) is 14.8 Å². The topological polar surface area (TPSA) is 56.4 Å². The summed E-state index contributed by atoms with van der Waals surface area (Å²) < 4.78 is 0. The van der Waals surface area contributed by atoms with E-state index in [9.17, 15) is 9.59 Å². The van der Waals surface area contributed by atoms with Crippen LogP contribution in [0.5, 0.6) is 0 Å². The maximum Gasteiger partial charge on any atom is 0.256 e. The molecule has 0 saturated carbocycles. The van der Waals surface area contributed by atoms with Crippen molar-refractivity contribution in [3.8, 4) is 0 Å². The first-order valence-electron chi connectivity index (χ1n) is 9.30. The fourth-order valence-corrected chi connectivity index (χ4v) is 3.69. The number of rotatable bonds is 3. The van der Waals surface area contributed by atoms with Gasteiger partial charge in [-0.05, 0) is 18.6 Å². The van der Waals surface area contributed by atoms with E-state index >= 15 is 0 Å². The summed E-state index contributed by atoms with van der Waals surface area (Å²) in [5.74, 6) is 0.151. The van der Waals surface area contributed by atoms with E-state index in [1.807, 2.05) is 59.2 Å². The Morgan fingerprint density at radius 1 is 0.963 bits per heavy atom. The molecule has 5 heteroatoms. The fourth-order valence-electron chi connectivity index (χ4n) is 3.69. The van der Waals surface area contributed by atoms with Gasteiger partial charge in [0, 0.05) is 43.3 Å². The highest BCUT2D eigenvalue weighted by Gasteiger charge is 2.26. The summed E-state index contributed by atoms with van der Waals surface area (Å²) in [6.07, 6.45) is 2.19. The lowest BCUT2D eigenvalue weighted by atomic mass is 10.1. The van der Waals surface area contributed by atoms with Gasteiger partial charge < -0.3 is 14.8 Å². The van der Waals surface area contributed by atoms with Gasteiger partial charge in [-0.25, -0.2) is 0 Å². The summed E-state index contributed by atoms with van der Waals surface area (Å²) in [5.41, 5.74) is 3.87. The first-order valence-corrected chi connectivity index (χ1v) is 9.30. The molecule has 0 aliphatic carbocycles. The van der Waals surface area contributed by atoms with Gasteiger partial charge in [0.25, 0.3) is 5.91 Å². The van der Waals surface area contributed by atoms with E-state index in [1.54, 1.807) is 6.20 Å². The van der Waals surface area contributed by atoms with Crippen molar-refractivity contribution in [2.45, 2.75) is 13.3 Å². The Morgan fingerprint density at radius 3 is 2.48 bits per heavy atom. The van der Waals surface area contributed by atoms with Crippen LogP contribution in [0.3, 0.4) is 0 Å². The molecule has 1 N–H and O–H groups in total. The van der Waals surface area contributed by atoms with Crippen molar-refractivity contribution in [1.29, 1.82) is 0 Å². The van der Waals surface area contributed by atoms with Crippen molar-refractivity contribution in [2.75, 3.05) is 26.2 Å². The molecular weight excluding hydrogens is 338 g/mol. The number of H-pyrrole nitrogens is 1. The summed E-state index contributed by atoms with van der Waals surface area (Å²) in [6, 6.07) is 15.9. The van der Waals surface area contributed by atoms with E-state index < -0.39 is 0 Å². The average Bonchev–Trinajstić information content (AvgIpc) is 3.12. The lowest BCUT2D eigenvalue weighted by molar-refractivity contribution is -0.131. The summed E-state index contributed by atoms with van der Waals surface area (Å²) in [5, 5.41) is 0.945. The second-order valence-corrected chi connectivity index (χ2v) is 7.09. The number of carbonyl (C=O) groups excluding carboxylic acids is 2. The molecule has 2 amide bonds. The average molecular weight is 361 g/mol.